The Balaban J connectivity index is 1.59. The highest BCUT2D eigenvalue weighted by Gasteiger charge is 2.25. The van der Waals surface area contributed by atoms with Crippen molar-refractivity contribution in [1.29, 1.82) is 0 Å². The molecule has 30 heavy (non-hydrogen) atoms. The molecular weight excluding hydrogens is 416 g/mol. The van der Waals surface area contributed by atoms with Gasteiger partial charge in [-0.25, -0.2) is 22.2 Å². The van der Waals surface area contributed by atoms with E-state index in [1.165, 1.54) is 18.6 Å². The Morgan fingerprint density at radius 3 is 2.87 bits per heavy atom. The van der Waals surface area contributed by atoms with Crippen molar-refractivity contribution in [2.24, 2.45) is 0 Å². The smallest absolute Gasteiger partial charge is 0.257 e. The normalized spacial score (nSPS) is 17.6. The predicted octanol–water partition coefficient (Wildman–Crippen LogP) is 1.91. The van der Waals surface area contributed by atoms with E-state index in [2.05, 4.69) is 30.6 Å². The van der Waals surface area contributed by atoms with Crippen LogP contribution in [0.1, 0.15) is 18.4 Å². The largest absolute Gasteiger partial charge is 0.368 e. The number of alkyl halides is 2. The molecule has 166 valence electrons. The summed E-state index contributed by atoms with van der Waals surface area (Å²) in [6.45, 7) is 3.49. The number of anilines is 3. The van der Waals surface area contributed by atoms with E-state index < -0.39 is 22.8 Å². The second-order valence-corrected chi connectivity index (χ2v) is 9.79. The molecule has 3 rings (SSSR count). The number of hydrogen-bond donors (Lipinski definition) is 2. The summed E-state index contributed by atoms with van der Waals surface area (Å²) in [5.74, 6) is 1.16. The number of likely N-dealkylation sites (tertiary alicyclic amines) is 1. The van der Waals surface area contributed by atoms with Crippen molar-refractivity contribution in [2.45, 2.75) is 38.8 Å². The summed E-state index contributed by atoms with van der Waals surface area (Å²) in [6.07, 6.45) is 5.40. The fourth-order valence-electron chi connectivity index (χ4n) is 3.40. The molecule has 0 amide bonds. The van der Waals surface area contributed by atoms with Crippen LogP contribution in [0.15, 0.2) is 18.6 Å². The zero-order chi connectivity index (χ0) is 21.7. The quantitative estimate of drug-likeness (QED) is 0.574. The third kappa shape index (κ3) is 6.59. The van der Waals surface area contributed by atoms with E-state index in [0.29, 0.717) is 30.5 Å². The number of rotatable bonds is 10. The van der Waals surface area contributed by atoms with Crippen LogP contribution in [-0.4, -0.2) is 77.2 Å². The van der Waals surface area contributed by atoms with Gasteiger partial charge in [0, 0.05) is 43.3 Å². The predicted molar refractivity (Wildman–Crippen MR) is 111 cm³/mol. The van der Waals surface area contributed by atoms with Gasteiger partial charge >= 0.3 is 0 Å². The first kappa shape index (κ1) is 22.3. The minimum absolute atomic E-state index is 0.156. The van der Waals surface area contributed by atoms with Gasteiger partial charge in [-0.3, -0.25) is 9.58 Å². The molecule has 0 bridgehead atoms. The Bertz CT molecular complexity index is 952. The Morgan fingerprint density at radius 2 is 2.13 bits per heavy atom. The highest BCUT2D eigenvalue weighted by atomic mass is 32.2. The Morgan fingerprint density at radius 1 is 1.33 bits per heavy atom. The molecule has 12 heteroatoms. The van der Waals surface area contributed by atoms with Gasteiger partial charge in [0.25, 0.3) is 6.43 Å². The zero-order valence-corrected chi connectivity index (χ0v) is 17.9. The summed E-state index contributed by atoms with van der Waals surface area (Å²) in [7, 11) is -2.99. The van der Waals surface area contributed by atoms with Crippen LogP contribution in [-0.2, 0) is 16.4 Å². The van der Waals surface area contributed by atoms with Gasteiger partial charge < -0.3 is 10.6 Å². The molecule has 3 heterocycles. The van der Waals surface area contributed by atoms with Gasteiger partial charge in [0.05, 0.1) is 17.6 Å². The fourth-order valence-corrected chi connectivity index (χ4v) is 3.96. The third-order valence-corrected chi connectivity index (χ3v) is 5.86. The number of hydrogen-bond acceptors (Lipinski definition) is 8. The first-order valence-corrected chi connectivity index (χ1v) is 11.8. The molecule has 1 unspecified atom stereocenters. The van der Waals surface area contributed by atoms with Gasteiger partial charge in [-0.15, -0.1) is 0 Å². The molecule has 9 nitrogen and oxygen atoms in total. The lowest BCUT2D eigenvalue weighted by Gasteiger charge is -2.24. The summed E-state index contributed by atoms with van der Waals surface area (Å²) >= 11 is 0. The molecule has 1 fully saturated rings. The van der Waals surface area contributed by atoms with Crippen LogP contribution < -0.4 is 10.6 Å². The van der Waals surface area contributed by atoms with Crippen molar-refractivity contribution in [3.63, 3.8) is 0 Å². The molecule has 1 saturated heterocycles. The fraction of sp³-hybridized carbons (Fsp3) is 0.611. The van der Waals surface area contributed by atoms with Crippen LogP contribution in [0.25, 0.3) is 0 Å². The first-order valence-electron chi connectivity index (χ1n) is 9.76. The van der Waals surface area contributed by atoms with Gasteiger partial charge in [0.1, 0.15) is 22.2 Å². The SMILES string of the molecule is Cc1cnc(Nc2cnn(CC(F)F)c2)nc1NCC1CCCN1CCS(C)(=O)=O. The van der Waals surface area contributed by atoms with Crippen LogP contribution >= 0.6 is 0 Å². The molecule has 2 aromatic heterocycles. The van der Waals surface area contributed by atoms with Crippen LogP contribution in [0.5, 0.6) is 0 Å². The molecule has 0 spiro atoms. The van der Waals surface area contributed by atoms with E-state index in [1.54, 1.807) is 6.20 Å². The molecule has 1 aliphatic heterocycles. The van der Waals surface area contributed by atoms with Gasteiger partial charge in [0.2, 0.25) is 5.95 Å². The zero-order valence-electron chi connectivity index (χ0n) is 17.1. The lowest BCUT2D eigenvalue weighted by atomic mass is 10.2. The molecule has 0 aliphatic carbocycles. The summed E-state index contributed by atoms with van der Waals surface area (Å²) in [4.78, 5) is 10.9. The third-order valence-electron chi connectivity index (χ3n) is 4.94. The maximum absolute atomic E-state index is 12.5. The second-order valence-electron chi connectivity index (χ2n) is 7.54. The van der Waals surface area contributed by atoms with E-state index in [4.69, 9.17) is 0 Å². The Hall–Kier alpha value is -2.34. The van der Waals surface area contributed by atoms with Crippen molar-refractivity contribution >= 4 is 27.3 Å². The van der Waals surface area contributed by atoms with Crippen molar-refractivity contribution in [1.82, 2.24) is 24.6 Å². The Labute approximate surface area is 174 Å². The molecule has 0 saturated carbocycles. The molecule has 1 atom stereocenters. The highest BCUT2D eigenvalue weighted by molar-refractivity contribution is 7.90. The maximum Gasteiger partial charge on any atom is 0.257 e. The lowest BCUT2D eigenvalue weighted by Crippen LogP contribution is -2.38. The average molecular weight is 444 g/mol. The standard InChI is InChI=1S/C18H27F2N7O2S/c1-13-8-22-18(24-14-9-23-27(11-14)12-16(19)20)25-17(13)21-10-15-4-3-5-26(15)6-7-30(2,28)29/h8-9,11,15-16H,3-7,10,12H2,1-2H3,(H2,21,22,24,25). The highest BCUT2D eigenvalue weighted by Crippen LogP contribution is 2.20. The summed E-state index contributed by atoms with van der Waals surface area (Å²) < 4.78 is 49.0. The molecular formula is C18H27F2N7O2S. The monoisotopic (exact) mass is 443 g/mol. The van der Waals surface area contributed by atoms with Gasteiger partial charge in [-0.1, -0.05) is 0 Å². The van der Waals surface area contributed by atoms with Crippen LogP contribution in [0.4, 0.5) is 26.2 Å². The summed E-state index contributed by atoms with van der Waals surface area (Å²) in [5, 5.41) is 10.2. The van der Waals surface area contributed by atoms with Gasteiger partial charge in [-0.05, 0) is 26.3 Å². The van der Waals surface area contributed by atoms with Crippen molar-refractivity contribution in [3.8, 4) is 0 Å². The Kier molecular flexibility index (Phi) is 7.19. The number of sulfone groups is 1. The minimum Gasteiger partial charge on any atom is -0.368 e. The van der Waals surface area contributed by atoms with E-state index >= 15 is 0 Å². The van der Waals surface area contributed by atoms with Crippen LogP contribution in [0, 0.1) is 6.92 Å². The molecule has 2 N–H and O–H groups in total. The number of aryl methyl sites for hydroxylation is 1. The topological polar surface area (TPSA) is 105 Å². The van der Waals surface area contributed by atoms with E-state index in [1.807, 2.05) is 6.92 Å². The van der Waals surface area contributed by atoms with E-state index in [0.717, 1.165) is 29.6 Å². The number of halogens is 2. The molecule has 2 aromatic rings. The van der Waals surface area contributed by atoms with Crippen molar-refractivity contribution < 1.29 is 17.2 Å². The van der Waals surface area contributed by atoms with E-state index in [-0.39, 0.29) is 11.8 Å². The summed E-state index contributed by atoms with van der Waals surface area (Å²) in [6, 6.07) is 0.241. The van der Waals surface area contributed by atoms with Gasteiger partial charge in [-0.2, -0.15) is 10.1 Å². The molecule has 1 aliphatic rings. The lowest BCUT2D eigenvalue weighted by molar-refractivity contribution is 0.122. The van der Waals surface area contributed by atoms with Gasteiger partial charge in [0.15, 0.2) is 0 Å². The number of aromatic nitrogens is 4. The van der Waals surface area contributed by atoms with Crippen molar-refractivity contribution in [2.75, 3.05) is 42.3 Å². The minimum atomic E-state index is -2.99. The van der Waals surface area contributed by atoms with Crippen LogP contribution in [0.3, 0.4) is 0 Å². The van der Waals surface area contributed by atoms with E-state index in [9.17, 15) is 17.2 Å². The second kappa shape index (κ2) is 9.65. The molecule has 0 radical (unpaired) electrons. The first-order chi connectivity index (χ1) is 14.2. The van der Waals surface area contributed by atoms with Crippen molar-refractivity contribution in [3.05, 3.63) is 24.2 Å². The number of nitrogens with zero attached hydrogens (tertiary/aromatic N) is 5. The average Bonchev–Trinajstić information content (AvgIpc) is 3.28. The molecule has 0 aromatic carbocycles. The maximum atomic E-state index is 12.5. The number of nitrogens with one attached hydrogen (secondary N) is 2. The summed E-state index contributed by atoms with van der Waals surface area (Å²) in [5.41, 5.74) is 1.39. The van der Waals surface area contributed by atoms with Crippen LogP contribution in [0.2, 0.25) is 0 Å².